The average molecular weight is 174 g/mol. The third-order valence-corrected chi connectivity index (χ3v) is 2.44. The summed E-state index contributed by atoms with van der Waals surface area (Å²) < 4.78 is 0. The highest BCUT2D eigenvalue weighted by Crippen LogP contribution is 2.24. The standard InChI is InChI=1S/C11H14N2/c1-7(2)10-6-13-8(3)9-4-5-12-11(9)10/h4-7,12H,1-3H3. The quantitative estimate of drug-likeness (QED) is 0.707. The molecule has 2 rings (SSSR count). The van der Waals surface area contributed by atoms with Crippen LogP contribution in [-0.2, 0) is 0 Å². The minimum atomic E-state index is 0.522. The predicted octanol–water partition coefficient (Wildman–Crippen LogP) is 2.99. The molecule has 0 amide bonds. The van der Waals surface area contributed by atoms with E-state index < -0.39 is 0 Å². The van der Waals surface area contributed by atoms with Gasteiger partial charge in [-0.25, -0.2) is 0 Å². The second kappa shape index (κ2) is 2.87. The maximum atomic E-state index is 4.38. The van der Waals surface area contributed by atoms with Crippen molar-refractivity contribution in [3.63, 3.8) is 0 Å². The zero-order valence-corrected chi connectivity index (χ0v) is 8.26. The highest BCUT2D eigenvalue weighted by Gasteiger charge is 2.07. The van der Waals surface area contributed by atoms with Gasteiger partial charge < -0.3 is 4.98 Å². The van der Waals surface area contributed by atoms with Gasteiger partial charge in [-0.2, -0.15) is 0 Å². The molecule has 2 heterocycles. The van der Waals surface area contributed by atoms with Gasteiger partial charge in [0.25, 0.3) is 0 Å². The third-order valence-electron chi connectivity index (χ3n) is 2.44. The first-order valence-electron chi connectivity index (χ1n) is 4.62. The molecule has 2 nitrogen and oxygen atoms in total. The van der Waals surface area contributed by atoms with Gasteiger partial charge in [0.2, 0.25) is 0 Å². The molecule has 0 saturated heterocycles. The lowest BCUT2D eigenvalue weighted by atomic mass is 10.0. The van der Waals surface area contributed by atoms with Crippen LogP contribution in [0.3, 0.4) is 0 Å². The molecule has 0 saturated carbocycles. The smallest absolute Gasteiger partial charge is 0.0522 e. The Morgan fingerprint density at radius 3 is 2.85 bits per heavy atom. The minimum absolute atomic E-state index is 0.522. The van der Waals surface area contributed by atoms with Crippen molar-refractivity contribution in [2.24, 2.45) is 0 Å². The molecular weight excluding hydrogens is 160 g/mol. The Bertz CT molecular complexity index is 427. The lowest BCUT2D eigenvalue weighted by Gasteiger charge is -2.07. The fourth-order valence-corrected chi connectivity index (χ4v) is 1.65. The molecule has 0 fully saturated rings. The number of H-pyrrole nitrogens is 1. The SMILES string of the molecule is Cc1ncc(C(C)C)c2[nH]ccc12. The predicted molar refractivity (Wildman–Crippen MR) is 54.9 cm³/mol. The molecule has 0 atom stereocenters. The van der Waals surface area contributed by atoms with Gasteiger partial charge in [-0.1, -0.05) is 13.8 Å². The summed E-state index contributed by atoms with van der Waals surface area (Å²) in [5.41, 5.74) is 3.63. The van der Waals surface area contributed by atoms with Crippen molar-refractivity contribution < 1.29 is 0 Å². The first-order chi connectivity index (χ1) is 6.20. The van der Waals surface area contributed by atoms with Crippen LogP contribution in [0.2, 0.25) is 0 Å². The van der Waals surface area contributed by atoms with Gasteiger partial charge >= 0.3 is 0 Å². The molecule has 2 aromatic heterocycles. The van der Waals surface area contributed by atoms with Crippen LogP contribution >= 0.6 is 0 Å². The number of rotatable bonds is 1. The molecule has 1 N–H and O–H groups in total. The lowest BCUT2D eigenvalue weighted by molar-refractivity contribution is 0.864. The molecule has 2 heteroatoms. The van der Waals surface area contributed by atoms with E-state index in [4.69, 9.17) is 0 Å². The molecule has 0 aromatic carbocycles. The average Bonchev–Trinajstić information content (AvgIpc) is 2.53. The summed E-state index contributed by atoms with van der Waals surface area (Å²) in [5.74, 6) is 0.522. The summed E-state index contributed by atoms with van der Waals surface area (Å²) in [6, 6.07) is 2.09. The zero-order chi connectivity index (χ0) is 9.42. The second-order valence-electron chi connectivity index (χ2n) is 3.72. The largest absolute Gasteiger partial charge is 0.361 e. The Kier molecular flexibility index (Phi) is 1.83. The summed E-state index contributed by atoms with van der Waals surface area (Å²) in [6.45, 7) is 6.42. The first-order valence-corrected chi connectivity index (χ1v) is 4.62. The fraction of sp³-hybridized carbons (Fsp3) is 0.364. The van der Waals surface area contributed by atoms with Crippen LogP contribution in [0.15, 0.2) is 18.5 Å². The number of fused-ring (bicyclic) bond motifs is 1. The molecule has 0 radical (unpaired) electrons. The van der Waals surface area contributed by atoms with Gasteiger partial charge in [0.1, 0.15) is 0 Å². The van der Waals surface area contributed by atoms with E-state index in [0.29, 0.717) is 5.92 Å². The molecule has 0 aliphatic rings. The van der Waals surface area contributed by atoms with Crippen molar-refractivity contribution in [3.8, 4) is 0 Å². The van der Waals surface area contributed by atoms with Crippen molar-refractivity contribution in [2.75, 3.05) is 0 Å². The number of pyridine rings is 1. The fourth-order valence-electron chi connectivity index (χ4n) is 1.65. The Balaban J connectivity index is 2.78. The van der Waals surface area contributed by atoms with E-state index in [9.17, 15) is 0 Å². The molecule has 0 spiro atoms. The van der Waals surface area contributed by atoms with Crippen LogP contribution < -0.4 is 0 Å². The number of nitrogens with zero attached hydrogens (tertiary/aromatic N) is 1. The van der Waals surface area contributed by atoms with Crippen LogP contribution in [0.1, 0.15) is 31.0 Å². The van der Waals surface area contributed by atoms with E-state index in [0.717, 1.165) is 5.69 Å². The Labute approximate surface area is 78.0 Å². The number of aryl methyl sites for hydroxylation is 1. The molecule has 2 aromatic rings. The number of aromatic nitrogens is 2. The summed E-state index contributed by atoms with van der Waals surface area (Å²) >= 11 is 0. The van der Waals surface area contributed by atoms with Crippen molar-refractivity contribution >= 4 is 10.9 Å². The Morgan fingerprint density at radius 2 is 2.15 bits per heavy atom. The lowest BCUT2D eigenvalue weighted by Crippen LogP contribution is -1.92. The van der Waals surface area contributed by atoms with Crippen molar-refractivity contribution in [1.29, 1.82) is 0 Å². The van der Waals surface area contributed by atoms with Gasteiger partial charge in [0.05, 0.1) is 5.52 Å². The molecule has 0 bridgehead atoms. The number of hydrogen-bond donors (Lipinski definition) is 1. The number of hydrogen-bond acceptors (Lipinski definition) is 1. The Hall–Kier alpha value is -1.31. The van der Waals surface area contributed by atoms with Gasteiger partial charge in [-0.15, -0.1) is 0 Å². The van der Waals surface area contributed by atoms with Crippen LogP contribution in [0, 0.1) is 6.92 Å². The highest BCUT2D eigenvalue weighted by molar-refractivity contribution is 5.84. The van der Waals surface area contributed by atoms with Gasteiger partial charge in [-0.3, -0.25) is 4.98 Å². The monoisotopic (exact) mass is 174 g/mol. The summed E-state index contributed by atoms with van der Waals surface area (Å²) in [4.78, 5) is 7.65. The summed E-state index contributed by atoms with van der Waals surface area (Å²) in [5, 5.41) is 1.24. The molecule has 68 valence electrons. The summed E-state index contributed by atoms with van der Waals surface area (Å²) in [6.07, 6.45) is 3.95. The van der Waals surface area contributed by atoms with Gasteiger partial charge in [-0.05, 0) is 24.5 Å². The van der Waals surface area contributed by atoms with E-state index in [1.807, 2.05) is 19.3 Å². The first kappa shape index (κ1) is 8.30. The molecule has 0 aliphatic carbocycles. The van der Waals surface area contributed by atoms with Crippen LogP contribution in [-0.4, -0.2) is 9.97 Å². The normalized spacial score (nSPS) is 11.4. The Morgan fingerprint density at radius 1 is 1.38 bits per heavy atom. The maximum Gasteiger partial charge on any atom is 0.0522 e. The van der Waals surface area contributed by atoms with E-state index >= 15 is 0 Å². The maximum absolute atomic E-state index is 4.38. The van der Waals surface area contributed by atoms with E-state index in [1.54, 1.807) is 0 Å². The van der Waals surface area contributed by atoms with E-state index in [1.165, 1.54) is 16.5 Å². The topological polar surface area (TPSA) is 28.7 Å². The van der Waals surface area contributed by atoms with E-state index in [2.05, 4.69) is 29.9 Å². The van der Waals surface area contributed by atoms with Crippen molar-refractivity contribution in [1.82, 2.24) is 9.97 Å². The molecule has 0 unspecified atom stereocenters. The van der Waals surface area contributed by atoms with Gasteiger partial charge in [0.15, 0.2) is 0 Å². The molecule has 13 heavy (non-hydrogen) atoms. The van der Waals surface area contributed by atoms with Crippen LogP contribution in [0.5, 0.6) is 0 Å². The van der Waals surface area contributed by atoms with E-state index in [-0.39, 0.29) is 0 Å². The molecular formula is C11H14N2. The number of nitrogens with one attached hydrogen (secondary N) is 1. The molecule has 0 aliphatic heterocycles. The zero-order valence-electron chi connectivity index (χ0n) is 8.26. The minimum Gasteiger partial charge on any atom is -0.361 e. The number of aromatic amines is 1. The second-order valence-corrected chi connectivity index (χ2v) is 3.72. The van der Waals surface area contributed by atoms with Crippen molar-refractivity contribution in [2.45, 2.75) is 26.7 Å². The van der Waals surface area contributed by atoms with Crippen LogP contribution in [0.4, 0.5) is 0 Å². The highest BCUT2D eigenvalue weighted by atomic mass is 14.7. The van der Waals surface area contributed by atoms with Gasteiger partial charge in [0, 0.05) is 23.5 Å². The summed E-state index contributed by atoms with van der Waals surface area (Å²) in [7, 11) is 0. The third kappa shape index (κ3) is 1.22. The van der Waals surface area contributed by atoms with Crippen molar-refractivity contribution in [3.05, 3.63) is 29.7 Å². The van der Waals surface area contributed by atoms with Crippen LogP contribution in [0.25, 0.3) is 10.9 Å².